The number of nitrogens with two attached hydrogens (primary N) is 1. The summed E-state index contributed by atoms with van der Waals surface area (Å²) < 4.78 is 4.60. The molecule has 2 rings (SSSR count). The number of aromatic hydroxyl groups is 3. The van der Waals surface area contributed by atoms with Crippen LogP contribution in [0.25, 0.3) is 0 Å². The van der Waals surface area contributed by atoms with E-state index in [1.54, 1.807) is 13.1 Å². The van der Waals surface area contributed by atoms with Gasteiger partial charge in [-0.3, -0.25) is 0 Å². The average Bonchev–Trinajstić information content (AvgIpc) is 2.81. The first kappa shape index (κ1) is 28.6. The number of benzene rings is 2. The number of carbonyl (C=O) groups is 2. The number of esters is 1. The fourth-order valence-electron chi connectivity index (χ4n) is 2.45. The highest BCUT2D eigenvalue weighted by molar-refractivity contribution is 5.85. The van der Waals surface area contributed by atoms with Crippen molar-refractivity contribution in [2.45, 2.75) is 24.4 Å². The van der Waals surface area contributed by atoms with E-state index in [9.17, 15) is 30.0 Å². The Balaban J connectivity index is 0.000000380. The van der Waals surface area contributed by atoms with E-state index >= 15 is 0 Å². The van der Waals surface area contributed by atoms with Gasteiger partial charge in [-0.1, -0.05) is 12.1 Å². The van der Waals surface area contributed by atoms with Crippen molar-refractivity contribution >= 4 is 11.9 Å². The summed E-state index contributed by atoms with van der Waals surface area (Å²) in [5.41, 5.74) is 6.07. The van der Waals surface area contributed by atoms with Gasteiger partial charge in [0.1, 0.15) is 0 Å². The van der Waals surface area contributed by atoms with Gasteiger partial charge in [-0.25, -0.2) is 9.59 Å². The van der Waals surface area contributed by atoms with E-state index < -0.39 is 47.9 Å². The van der Waals surface area contributed by atoms with Crippen LogP contribution in [0.1, 0.15) is 23.3 Å². The first-order chi connectivity index (χ1) is 15.9. The third-order valence-corrected chi connectivity index (χ3v) is 4.38. The summed E-state index contributed by atoms with van der Waals surface area (Å²) >= 11 is 0. The van der Waals surface area contributed by atoms with Gasteiger partial charge < -0.3 is 56.6 Å². The van der Waals surface area contributed by atoms with Gasteiger partial charge in [-0.05, 0) is 42.4 Å². The summed E-state index contributed by atoms with van der Waals surface area (Å²) in [7, 11) is 1.73. The number of carboxylic acids is 1. The fourth-order valence-corrected chi connectivity index (χ4v) is 2.45. The Labute approximate surface area is 193 Å². The van der Waals surface area contributed by atoms with Crippen LogP contribution >= 0.6 is 0 Å². The minimum Gasteiger partial charge on any atom is -0.504 e. The maximum absolute atomic E-state index is 11.5. The van der Waals surface area contributed by atoms with Gasteiger partial charge in [-0.2, -0.15) is 0 Å². The largest absolute Gasteiger partial charge is 0.504 e. The van der Waals surface area contributed by atoms with Crippen molar-refractivity contribution in [3.05, 3.63) is 47.5 Å². The molecular formula is C21H28N2O11. The molecule has 0 aliphatic heterocycles. The highest BCUT2D eigenvalue weighted by Crippen LogP contribution is 2.30. The SMILES string of the molecule is CNCC(O)c1ccc(O)c(O)c1.NCC(O)c1ccc(O)c(OC(=O)C(O)C(O)C(=O)O)c1. The molecule has 188 valence electrons. The molecule has 4 atom stereocenters. The smallest absolute Gasteiger partial charge is 0.343 e. The normalized spacial score (nSPS) is 14.2. The van der Waals surface area contributed by atoms with Crippen LogP contribution in [0, 0.1) is 0 Å². The third-order valence-electron chi connectivity index (χ3n) is 4.38. The van der Waals surface area contributed by atoms with Crippen LogP contribution in [0.5, 0.6) is 23.0 Å². The summed E-state index contributed by atoms with van der Waals surface area (Å²) in [6.45, 7) is 0.294. The van der Waals surface area contributed by atoms with Gasteiger partial charge >= 0.3 is 11.9 Å². The number of ether oxygens (including phenoxy) is 1. The lowest BCUT2D eigenvalue weighted by atomic mass is 10.1. The molecule has 0 aromatic heterocycles. The van der Waals surface area contributed by atoms with Gasteiger partial charge in [0, 0.05) is 13.1 Å². The number of phenolic OH excluding ortho intramolecular Hbond substituents is 3. The number of carboxylic acid groups (broad SMARTS) is 1. The molecule has 0 bridgehead atoms. The number of aliphatic hydroxyl groups excluding tert-OH is 4. The molecule has 2 aromatic carbocycles. The zero-order valence-electron chi connectivity index (χ0n) is 18.1. The molecule has 0 aliphatic carbocycles. The first-order valence-electron chi connectivity index (χ1n) is 9.79. The van der Waals surface area contributed by atoms with Crippen LogP contribution in [0.2, 0.25) is 0 Å². The third kappa shape index (κ3) is 8.15. The second-order valence-corrected chi connectivity index (χ2v) is 6.95. The van der Waals surface area contributed by atoms with Crippen LogP contribution in [0.3, 0.4) is 0 Å². The number of likely N-dealkylation sites (N-methyl/N-ethyl adjacent to an activating group) is 1. The minimum absolute atomic E-state index is 0.113. The van der Waals surface area contributed by atoms with Crippen LogP contribution < -0.4 is 15.8 Å². The number of carbonyl (C=O) groups excluding carboxylic acids is 1. The second-order valence-electron chi connectivity index (χ2n) is 6.95. The maximum atomic E-state index is 11.5. The molecule has 13 nitrogen and oxygen atoms in total. The van der Waals surface area contributed by atoms with Gasteiger partial charge in [0.25, 0.3) is 0 Å². The van der Waals surface area contributed by atoms with Crippen LogP contribution in [-0.4, -0.2) is 85.1 Å². The molecule has 0 spiro atoms. The molecule has 0 saturated carbocycles. The number of nitrogens with one attached hydrogen (secondary N) is 1. The van der Waals surface area contributed by atoms with Crippen LogP contribution in [0.4, 0.5) is 0 Å². The van der Waals surface area contributed by atoms with Crippen molar-refractivity contribution in [1.29, 1.82) is 0 Å². The molecule has 0 radical (unpaired) electrons. The topological polar surface area (TPSA) is 243 Å². The van der Waals surface area contributed by atoms with Crippen molar-refractivity contribution in [1.82, 2.24) is 5.32 Å². The summed E-state index contributed by atoms with van der Waals surface area (Å²) in [4.78, 5) is 21.9. The highest BCUT2D eigenvalue weighted by Gasteiger charge is 2.32. The molecule has 34 heavy (non-hydrogen) atoms. The Bertz CT molecular complexity index is 970. The predicted molar refractivity (Wildman–Crippen MR) is 116 cm³/mol. The Hall–Kier alpha value is -3.46. The molecule has 11 N–H and O–H groups in total. The molecule has 13 heteroatoms. The number of rotatable bonds is 9. The Morgan fingerprint density at radius 1 is 0.882 bits per heavy atom. The summed E-state index contributed by atoms with van der Waals surface area (Å²) in [5.74, 6) is -4.57. The molecule has 4 unspecified atom stereocenters. The Morgan fingerprint density at radius 3 is 1.94 bits per heavy atom. The highest BCUT2D eigenvalue weighted by atomic mass is 16.6. The summed E-state index contributed by atoms with van der Waals surface area (Å²) in [6, 6.07) is 7.83. The van der Waals surface area contributed by atoms with E-state index in [0.29, 0.717) is 12.1 Å². The van der Waals surface area contributed by atoms with Crippen molar-refractivity contribution in [3.63, 3.8) is 0 Å². The Kier molecular flexibility index (Phi) is 11.2. The molecule has 0 aliphatic rings. The van der Waals surface area contributed by atoms with E-state index in [4.69, 9.17) is 26.2 Å². The first-order valence-corrected chi connectivity index (χ1v) is 9.79. The number of hydrogen-bond acceptors (Lipinski definition) is 12. The van der Waals surface area contributed by atoms with Crippen molar-refractivity contribution in [3.8, 4) is 23.0 Å². The van der Waals surface area contributed by atoms with Crippen molar-refractivity contribution in [2.24, 2.45) is 5.73 Å². The monoisotopic (exact) mass is 484 g/mol. The minimum atomic E-state index is -2.36. The van der Waals surface area contributed by atoms with E-state index in [-0.39, 0.29) is 23.6 Å². The lowest BCUT2D eigenvalue weighted by Crippen LogP contribution is -2.41. The summed E-state index contributed by atoms with van der Waals surface area (Å²) in [5, 5.41) is 76.2. The number of aliphatic hydroxyl groups is 4. The zero-order valence-corrected chi connectivity index (χ0v) is 18.1. The fraction of sp³-hybridized carbons (Fsp3) is 0.333. The molecule has 0 saturated heterocycles. The molecule has 0 heterocycles. The standard InChI is InChI=1S/C12H15NO8.C9H13NO3/c13-4-7(15)5-1-2-6(14)8(3-5)21-12(20)10(17)9(16)11(18)19;1-10-5-9(13)6-2-3-7(11)8(12)4-6/h1-3,7,9-10,14-17H,4,13H2,(H,18,19);2-4,9-13H,5H2,1H3. The number of hydrogen-bond donors (Lipinski definition) is 10. The quantitative estimate of drug-likeness (QED) is 0.110. The molecule has 2 aromatic rings. The van der Waals surface area contributed by atoms with Gasteiger partial charge in [-0.15, -0.1) is 0 Å². The molecular weight excluding hydrogens is 456 g/mol. The van der Waals surface area contributed by atoms with E-state index in [2.05, 4.69) is 10.1 Å². The van der Waals surface area contributed by atoms with Crippen molar-refractivity contribution in [2.75, 3.05) is 20.1 Å². The van der Waals surface area contributed by atoms with Crippen molar-refractivity contribution < 1.29 is 55.2 Å². The second kappa shape index (κ2) is 13.3. The van der Waals surface area contributed by atoms with E-state index in [1.165, 1.54) is 18.2 Å². The Morgan fingerprint density at radius 2 is 1.44 bits per heavy atom. The van der Waals surface area contributed by atoms with Gasteiger partial charge in [0.15, 0.2) is 35.2 Å². The van der Waals surface area contributed by atoms with Crippen LogP contribution in [0.15, 0.2) is 36.4 Å². The lowest BCUT2D eigenvalue weighted by Gasteiger charge is -2.15. The predicted octanol–water partition coefficient (Wildman–Crippen LogP) is -1.55. The zero-order chi connectivity index (χ0) is 26.0. The van der Waals surface area contributed by atoms with Gasteiger partial charge in [0.2, 0.25) is 0 Å². The van der Waals surface area contributed by atoms with E-state index in [1.807, 2.05) is 0 Å². The lowest BCUT2D eigenvalue weighted by molar-refractivity contribution is -0.164. The number of phenols is 3. The molecule has 0 fully saturated rings. The van der Waals surface area contributed by atoms with Crippen LogP contribution in [-0.2, 0) is 9.59 Å². The van der Waals surface area contributed by atoms with E-state index in [0.717, 1.165) is 12.1 Å². The molecule has 0 amide bonds. The average molecular weight is 484 g/mol. The number of aliphatic carboxylic acids is 1. The maximum Gasteiger partial charge on any atom is 0.343 e. The summed E-state index contributed by atoms with van der Waals surface area (Å²) in [6.07, 6.45) is -6.42. The van der Waals surface area contributed by atoms with Gasteiger partial charge in [0.05, 0.1) is 12.2 Å².